The van der Waals surface area contributed by atoms with E-state index in [-0.39, 0.29) is 23.8 Å². The highest BCUT2D eigenvalue weighted by molar-refractivity contribution is 9.10. The summed E-state index contributed by atoms with van der Waals surface area (Å²) in [5.74, 6) is -0.447. The third-order valence-electron chi connectivity index (χ3n) is 11.9. The fraction of sp³-hybridized carbons (Fsp3) is 0.380. The van der Waals surface area contributed by atoms with Crippen molar-refractivity contribution in [3.05, 3.63) is 124 Å². The number of carbonyl (C=O) groups excluding carboxylic acids is 4. The van der Waals surface area contributed by atoms with Gasteiger partial charge in [0.1, 0.15) is 23.1 Å². The van der Waals surface area contributed by atoms with Crippen LogP contribution >= 0.6 is 31.9 Å². The van der Waals surface area contributed by atoms with Crippen LogP contribution in [0.2, 0.25) is 0 Å². The van der Waals surface area contributed by atoms with Crippen molar-refractivity contribution in [3.63, 3.8) is 0 Å². The van der Waals surface area contributed by atoms with E-state index in [1.54, 1.807) is 23.2 Å². The smallest absolute Gasteiger partial charge is 0.411 e. The summed E-state index contributed by atoms with van der Waals surface area (Å²) in [6.45, 7) is 12.6. The number of Topliss-reactive ketones (excluding diaryl/α,β-unsaturated/α-hetero) is 1. The number of ketones is 1. The zero-order valence-corrected chi connectivity index (χ0v) is 39.9. The highest BCUT2D eigenvalue weighted by Gasteiger charge is 2.48. The number of benzene rings is 4. The number of carbonyl (C=O) groups is 4. The second-order valence-electron chi connectivity index (χ2n) is 18.2. The van der Waals surface area contributed by atoms with Gasteiger partial charge in [-0.15, -0.1) is 0 Å². The van der Waals surface area contributed by atoms with Crippen molar-refractivity contribution < 1.29 is 33.4 Å². The summed E-state index contributed by atoms with van der Waals surface area (Å²) in [5, 5.41) is 0. The molecule has 2 aliphatic heterocycles. The fourth-order valence-corrected chi connectivity index (χ4v) is 9.17. The molecule has 2 amide bonds. The van der Waals surface area contributed by atoms with Crippen molar-refractivity contribution in [2.75, 3.05) is 6.61 Å². The number of nitrogens with one attached hydrogen (secondary N) is 1. The molecule has 5 aromatic rings. The number of halogens is 2. The fourth-order valence-electron chi connectivity index (χ4n) is 8.64. The molecule has 0 saturated carbocycles. The first-order chi connectivity index (χ1) is 29.9. The minimum Gasteiger partial charge on any atom is -0.456 e. The highest BCUT2D eigenvalue weighted by Crippen LogP contribution is 2.44. The predicted molar refractivity (Wildman–Crippen MR) is 250 cm³/mol. The van der Waals surface area contributed by atoms with Gasteiger partial charge in [0.2, 0.25) is 0 Å². The number of esters is 1. The molecule has 0 aliphatic carbocycles. The number of H-pyrrole nitrogens is 1. The lowest BCUT2D eigenvalue weighted by atomic mass is 9.87. The van der Waals surface area contributed by atoms with E-state index in [0.717, 1.165) is 42.5 Å². The monoisotopic (exact) mass is 980 g/mol. The number of rotatable bonds is 11. The van der Waals surface area contributed by atoms with Gasteiger partial charge >= 0.3 is 18.2 Å². The second kappa shape index (κ2) is 18.8. The van der Waals surface area contributed by atoms with Gasteiger partial charge in [0.15, 0.2) is 12.4 Å². The molecule has 13 heteroatoms. The van der Waals surface area contributed by atoms with E-state index in [4.69, 9.17) is 19.2 Å². The number of amides is 2. The van der Waals surface area contributed by atoms with Gasteiger partial charge < -0.3 is 19.2 Å². The van der Waals surface area contributed by atoms with Crippen LogP contribution < -0.4 is 0 Å². The van der Waals surface area contributed by atoms with Crippen molar-refractivity contribution >= 4 is 55.8 Å². The Morgan fingerprint density at radius 3 is 1.76 bits per heavy atom. The molecule has 2 fully saturated rings. The molecule has 2 saturated heterocycles. The Kier molecular flexibility index (Phi) is 13.7. The van der Waals surface area contributed by atoms with E-state index >= 15 is 0 Å². The Bertz CT molecular complexity index is 2430. The van der Waals surface area contributed by atoms with Crippen LogP contribution in [0.25, 0.3) is 33.5 Å². The number of imidazole rings is 1. The predicted octanol–water partition coefficient (Wildman–Crippen LogP) is 12.2. The standard InChI is InChI=1S/C50H54Br2N4O7/c1-30-8-25-42(46(58)61-29-44(57)37-15-11-33(12-16-37)35-19-23-40(52)24-20-35)55(30)47(59)63-50(6,7)27-38-26-43(56(31(38)2)48(60)62-49(3,4)5)45-53-28-41(54-45)36-13-9-32(10-14-36)34-17-21-39(51)22-18-34/h9-24,28,30-31,38,42-43H,8,25-27,29H2,1-7H3,(H,53,54). The van der Waals surface area contributed by atoms with Crippen molar-refractivity contribution in [2.24, 2.45) is 5.92 Å². The van der Waals surface area contributed by atoms with Gasteiger partial charge in [0, 0.05) is 26.6 Å². The van der Waals surface area contributed by atoms with Gasteiger partial charge in [-0.3, -0.25) is 14.6 Å². The Morgan fingerprint density at radius 2 is 1.21 bits per heavy atom. The second-order valence-corrected chi connectivity index (χ2v) is 20.0. The number of nitrogens with zero attached hydrogens (tertiary/aromatic N) is 3. The summed E-state index contributed by atoms with van der Waals surface area (Å²) in [7, 11) is 0. The summed E-state index contributed by atoms with van der Waals surface area (Å²) in [6, 6.07) is 29.6. The zero-order chi connectivity index (χ0) is 45.2. The van der Waals surface area contributed by atoms with Crippen LogP contribution in [0.5, 0.6) is 0 Å². The number of likely N-dealkylation sites (tertiary alicyclic amines) is 2. The molecule has 0 spiro atoms. The highest BCUT2D eigenvalue weighted by atomic mass is 79.9. The quantitative estimate of drug-likeness (QED) is 0.0786. The summed E-state index contributed by atoms with van der Waals surface area (Å²) in [5.41, 5.74) is 4.68. The summed E-state index contributed by atoms with van der Waals surface area (Å²) < 4.78 is 19.7. The summed E-state index contributed by atoms with van der Waals surface area (Å²) in [4.78, 5) is 65.8. The summed E-state index contributed by atoms with van der Waals surface area (Å²) >= 11 is 6.95. The van der Waals surface area contributed by atoms with Gasteiger partial charge in [-0.25, -0.2) is 19.4 Å². The van der Waals surface area contributed by atoms with E-state index < -0.39 is 48.0 Å². The number of aromatic amines is 1. The molecule has 3 heterocycles. The molecule has 11 nitrogen and oxygen atoms in total. The van der Waals surface area contributed by atoms with Crippen LogP contribution in [0.15, 0.2) is 112 Å². The lowest BCUT2D eigenvalue weighted by Gasteiger charge is -2.35. The molecule has 1 N–H and O–H groups in total. The van der Waals surface area contributed by atoms with Crippen LogP contribution in [0.1, 0.15) is 96.4 Å². The number of aromatic nitrogens is 2. The van der Waals surface area contributed by atoms with Crippen molar-refractivity contribution in [3.8, 4) is 33.5 Å². The van der Waals surface area contributed by atoms with E-state index in [1.807, 2.05) is 109 Å². The van der Waals surface area contributed by atoms with Crippen LogP contribution in [0.3, 0.4) is 0 Å². The first kappa shape index (κ1) is 45.7. The molecule has 330 valence electrons. The first-order valence-corrected chi connectivity index (χ1v) is 22.9. The molecule has 0 radical (unpaired) electrons. The summed E-state index contributed by atoms with van der Waals surface area (Å²) in [6.07, 6.45) is 2.65. The average molecular weight is 983 g/mol. The lowest BCUT2D eigenvalue weighted by Crippen LogP contribution is -2.48. The van der Waals surface area contributed by atoms with Gasteiger partial charge in [0.25, 0.3) is 0 Å². The SMILES string of the molecule is CC1CCC(C(=O)OCC(=O)c2ccc(-c3ccc(Br)cc3)cc2)N1C(=O)OC(C)(C)CC1CC(c2ncc(-c3ccc(-c4ccc(Br)cc4)cc3)[nH]2)N(C(=O)OC(C)(C)C)C1C. The molecule has 1 aromatic heterocycles. The molecule has 4 aromatic carbocycles. The molecular formula is C50H54Br2N4O7. The van der Waals surface area contributed by atoms with Crippen LogP contribution in [0.4, 0.5) is 9.59 Å². The molecule has 63 heavy (non-hydrogen) atoms. The molecular weight excluding hydrogens is 928 g/mol. The maximum atomic E-state index is 14.0. The molecule has 7 rings (SSSR count). The van der Waals surface area contributed by atoms with Crippen molar-refractivity contribution in [2.45, 2.75) is 110 Å². The Morgan fingerprint density at radius 1 is 0.698 bits per heavy atom. The maximum absolute atomic E-state index is 14.0. The van der Waals surface area contributed by atoms with Crippen LogP contribution in [0, 0.1) is 5.92 Å². The third kappa shape index (κ3) is 10.9. The normalized spacial score (nSPS) is 20.1. The Balaban J connectivity index is 0.997. The van der Waals surface area contributed by atoms with E-state index in [9.17, 15) is 19.2 Å². The van der Waals surface area contributed by atoms with Crippen LogP contribution in [-0.4, -0.2) is 79.6 Å². The van der Waals surface area contributed by atoms with Crippen molar-refractivity contribution in [1.29, 1.82) is 0 Å². The molecule has 2 aliphatic rings. The zero-order valence-electron chi connectivity index (χ0n) is 36.7. The minimum absolute atomic E-state index is 0.101. The molecule has 5 atom stereocenters. The average Bonchev–Trinajstić information content (AvgIpc) is 3.97. The maximum Gasteiger partial charge on any atom is 0.411 e. The number of ether oxygens (including phenoxy) is 3. The largest absolute Gasteiger partial charge is 0.456 e. The molecule has 0 bridgehead atoms. The van der Waals surface area contributed by atoms with Crippen molar-refractivity contribution in [1.82, 2.24) is 19.8 Å². The Hall–Kier alpha value is -5.27. The minimum atomic E-state index is -0.982. The van der Waals surface area contributed by atoms with Gasteiger partial charge in [-0.2, -0.15) is 0 Å². The Labute approximate surface area is 386 Å². The first-order valence-electron chi connectivity index (χ1n) is 21.4. The van der Waals surface area contributed by atoms with E-state index in [1.165, 1.54) is 4.90 Å². The van der Waals surface area contributed by atoms with Gasteiger partial charge in [-0.05, 0) is 132 Å². The topological polar surface area (TPSA) is 131 Å². The lowest BCUT2D eigenvalue weighted by molar-refractivity contribution is -0.148. The van der Waals surface area contributed by atoms with Gasteiger partial charge in [0.05, 0.1) is 17.9 Å². The van der Waals surface area contributed by atoms with E-state index in [2.05, 4.69) is 61.1 Å². The number of hydrogen-bond acceptors (Lipinski definition) is 8. The third-order valence-corrected chi connectivity index (χ3v) is 12.9. The van der Waals surface area contributed by atoms with Crippen LogP contribution in [-0.2, 0) is 19.0 Å². The van der Waals surface area contributed by atoms with Gasteiger partial charge in [-0.1, -0.05) is 105 Å². The molecule has 5 unspecified atom stereocenters. The number of hydrogen-bond donors (Lipinski definition) is 1. The van der Waals surface area contributed by atoms with E-state index in [0.29, 0.717) is 37.1 Å².